The summed E-state index contributed by atoms with van der Waals surface area (Å²) in [5, 5.41) is 5.51. The van der Waals surface area contributed by atoms with Gasteiger partial charge in [0.15, 0.2) is 0 Å². The van der Waals surface area contributed by atoms with Crippen LogP contribution in [0.5, 0.6) is 0 Å². The molecular formula is C15H19ClN2S. The molecule has 1 aromatic carbocycles. The minimum atomic E-state index is 0.324. The van der Waals surface area contributed by atoms with E-state index in [1.54, 1.807) is 11.3 Å². The minimum Gasteiger partial charge on any atom is -0.309 e. The van der Waals surface area contributed by atoms with E-state index in [2.05, 4.69) is 23.3 Å². The molecule has 4 heteroatoms. The lowest BCUT2D eigenvalue weighted by Crippen LogP contribution is -2.23. The molecule has 19 heavy (non-hydrogen) atoms. The fraction of sp³-hybridized carbons (Fsp3) is 0.400. The van der Waals surface area contributed by atoms with E-state index in [4.69, 9.17) is 11.6 Å². The van der Waals surface area contributed by atoms with Crippen LogP contribution in [-0.2, 0) is 6.42 Å². The molecule has 1 atom stereocenters. The molecule has 2 rings (SSSR count). The molecule has 0 spiro atoms. The maximum absolute atomic E-state index is 6.05. The van der Waals surface area contributed by atoms with Gasteiger partial charge in [0, 0.05) is 22.1 Å². The van der Waals surface area contributed by atoms with Crippen molar-refractivity contribution in [1.29, 1.82) is 0 Å². The van der Waals surface area contributed by atoms with Gasteiger partial charge in [-0.15, -0.1) is 11.3 Å². The fourth-order valence-corrected chi connectivity index (χ4v) is 3.10. The molecule has 102 valence electrons. The van der Waals surface area contributed by atoms with Gasteiger partial charge in [0.05, 0.1) is 5.01 Å². The van der Waals surface area contributed by atoms with Gasteiger partial charge in [-0.3, -0.25) is 0 Å². The molecule has 0 saturated heterocycles. The summed E-state index contributed by atoms with van der Waals surface area (Å²) in [6.07, 6.45) is 4.06. The third-order valence-corrected chi connectivity index (χ3v) is 4.21. The average Bonchev–Trinajstić information content (AvgIpc) is 2.81. The zero-order valence-corrected chi connectivity index (χ0v) is 12.9. The molecule has 0 aliphatic carbocycles. The van der Waals surface area contributed by atoms with Crippen LogP contribution in [0.2, 0.25) is 5.02 Å². The number of aromatic nitrogens is 1. The van der Waals surface area contributed by atoms with E-state index in [1.807, 2.05) is 31.3 Å². The number of nitrogens with one attached hydrogen (secondary N) is 1. The van der Waals surface area contributed by atoms with Crippen LogP contribution in [0.1, 0.15) is 34.8 Å². The Morgan fingerprint density at radius 2 is 2.26 bits per heavy atom. The minimum absolute atomic E-state index is 0.324. The molecule has 2 aromatic rings. The molecule has 1 N–H and O–H groups in total. The summed E-state index contributed by atoms with van der Waals surface area (Å²) in [6.45, 7) is 5.24. The van der Waals surface area contributed by atoms with Crippen molar-refractivity contribution in [3.8, 4) is 0 Å². The van der Waals surface area contributed by atoms with E-state index in [0.29, 0.717) is 6.04 Å². The van der Waals surface area contributed by atoms with E-state index in [-0.39, 0.29) is 0 Å². The summed E-state index contributed by atoms with van der Waals surface area (Å²) in [5.41, 5.74) is 1.26. The monoisotopic (exact) mass is 294 g/mol. The van der Waals surface area contributed by atoms with E-state index in [0.717, 1.165) is 29.4 Å². The van der Waals surface area contributed by atoms with E-state index < -0.39 is 0 Å². The molecule has 0 bridgehead atoms. The van der Waals surface area contributed by atoms with Crippen LogP contribution in [0, 0.1) is 6.92 Å². The lowest BCUT2D eigenvalue weighted by molar-refractivity contribution is 0.536. The highest BCUT2D eigenvalue weighted by molar-refractivity contribution is 7.11. The van der Waals surface area contributed by atoms with Crippen molar-refractivity contribution in [2.45, 2.75) is 32.7 Å². The molecule has 1 aromatic heterocycles. The van der Waals surface area contributed by atoms with E-state index >= 15 is 0 Å². The quantitative estimate of drug-likeness (QED) is 0.855. The number of thiazole rings is 1. The molecule has 0 aliphatic rings. The van der Waals surface area contributed by atoms with Crippen molar-refractivity contribution >= 4 is 22.9 Å². The first-order chi connectivity index (χ1) is 9.19. The third-order valence-electron chi connectivity index (χ3n) is 2.95. The first-order valence-corrected chi connectivity index (χ1v) is 7.78. The largest absolute Gasteiger partial charge is 0.309 e. The molecule has 2 nitrogen and oxygen atoms in total. The predicted molar refractivity (Wildman–Crippen MR) is 83.0 cm³/mol. The summed E-state index contributed by atoms with van der Waals surface area (Å²) < 4.78 is 0. The lowest BCUT2D eigenvalue weighted by atomic mass is 10.0. The summed E-state index contributed by atoms with van der Waals surface area (Å²) in [5.74, 6) is 0. The molecule has 1 heterocycles. The highest BCUT2D eigenvalue weighted by atomic mass is 35.5. The molecule has 0 radical (unpaired) electrons. The highest BCUT2D eigenvalue weighted by Crippen LogP contribution is 2.25. The number of hydrogen-bond acceptors (Lipinski definition) is 3. The SMILES string of the molecule is CCCNC(Cc1cccc(Cl)c1)c1cnc(C)s1. The second kappa shape index (κ2) is 7.04. The Morgan fingerprint density at radius 3 is 2.89 bits per heavy atom. The average molecular weight is 295 g/mol. The normalized spacial score (nSPS) is 12.6. The van der Waals surface area contributed by atoms with Gasteiger partial charge < -0.3 is 5.32 Å². The summed E-state index contributed by atoms with van der Waals surface area (Å²) in [6, 6.07) is 8.41. The zero-order valence-electron chi connectivity index (χ0n) is 11.3. The Labute approximate surface area is 123 Å². The van der Waals surface area contributed by atoms with Gasteiger partial charge >= 0.3 is 0 Å². The Kier molecular flexibility index (Phi) is 5.37. The maximum Gasteiger partial charge on any atom is 0.0897 e. The second-order valence-corrected chi connectivity index (χ2v) is 6.33. The van der Waals surface area contributed by atoms with Crippen molar-refractivity contribution in [2.75, 3.05) is 6.54 Å². The van der Waals surface area contributed by atoms with Crippen LogP contribution in [0.25, 0.3) is 0 Å². The van der Waals surface area contributed by atoms with Crippen LogP contribution < -0.4 is 5.32 Å². The topological polar surface area (TPSA) is 24.9 Å². The first kappa shape index (κ1) is 14.5. The fourth-order valence-electron chi connectivity index (χ4n) is 2.03. The molecule has 0 aliphatic heterocycles. The van der Waals surface area contributed by atoms with E-state index in [1.165, 1.54) is 10.4 Å². The number of rotatable bonds is 6. The maximum atomic E-state index is 6.05. The lowest BCUT2D eigenvalue weighted by Gasteiger charge is -2.17. The Hall–Kier alpha value is -0.900. The van der Waals surface area contributed by atoms with Crippen LogP contribution in [0.3, 0.4) is 0 Å². The standard InChI is InChI=1S/C15H19ClN2S/c1-3-7-17-14(15-10-18-11(2)19-15)9-12-5-4-6-13(16)8-12/h4-6,8,10,14,17H,3,7,9H2,1-2H3. The first-order valence-electron chi connectivity index (χ1n) is 6.59. The second-order valence-electron chi connectivity index (χ2n) is 4.62. The summed E-state index contributed by atoms with van der Waals surface area (Å²) in [7, 11) is 0. The predicted octanol–water partition coefficient (Wildman–Crippen LogP) is 4.39. The van der Waals surface area contributed by atoms with Gasteiger partial charge in [0.25, 0.3) is 0 Å². The molecular weight excluding hydrogens is 276 g/mol. The Balaban J connectivity index is 2.13. The Bertz CT molecular complexity index is 524. The van der Waals surface area contributed by atoms with Gasteiger partial charge in [-0.25, -0.2) is 4.98 Å². The third kappa shape index (κ3) is 4.30. The molecule has 0 saturated carbocycles. The van der Waals surface area contributed by atoms with Crippen LogP contribution in [0.4, 0.5) is 0 Å². The molecule has 0 amide bonds. The van der Waals surface area contributed by atoms with Gasteiger partial charge in [-0.2, -0.15) is 0 Å². The van der Waals surface area contributed by atoms with Crippen LogP contribution in [0.15, 0.2) is 30.5 Å². The van der Waals surface area contributed by atoms with Gasteiger partial charge in [0.1, 0.15) is 0 Å². The molecule has 1 unspecified atom stereocenters. The summed E-state index contributed by atoms with van der Waals surface area (Å²) >= 11 is 7.82. The van der Waals surface area contributed by atoms with Crippen molar-refractivity contribution in [1.82, 2.24) is 10.3 Å². The Morgan fingerprint density at radius 1 is 1.42 bits per heavy atom. The van der Waals surface area contributed by atoms with Crippen LogP contribution >= 0.6 is 22.9 Å². The van der Waals surface area contributed by atoms with Gasteiger partial charge in [-0.1, -0.05) is 30.7 Å². The number of aryl methyl sites for hydroxylation is 1. The van der Waals surface area contributed by atoms with Crippen molar-refractivity contribution < 1.29 is 0 Å². The van der Waals surface area contributed by atoms with Gasteiger partial charge in [-0.05, 0) is 44.0 Å². The van der Waals surface area contributed by atoms with Crippen molar-refractivity contribution in [3.63, 3.8) is 0 Å². The highest BCUT2D eigenvalue weighted by Gasteiger charge is 2.14. The smallest absolute Gasteiger partial charge is 0.0897 e. The number of benzene rings is 1. The zero-order chi connectivity index (χ0) is 13.7. The summed E-state index contributed by atoms with van der Waals surface area (Å²) in [4.78, 5) is 5.65. The van der Waals surface area contributed by atoms with Crippen molar-refractivity contribution in [2.24, 2.45) is 0 Å². The van der Waals surface area contributed by atoms with E-state index in [9.17, 15) is 0 Å². The number of halogens is 1. The van der Waals surface area contributed by atoms with Crippen molar-refractivity contribution in [3.05, 3.63) is 50.9 Å². The van der Waals surface area contributed by atoms with Crippen LogP contribution in [-0.4, -0.2) is 11.5 Å². The number of nitrogens with zero attached hydrogens (tertiary/aromatic N) is 1. The van der Waals surface area contributed by atoms with Gasteiger partial charge in [0.2, 0.25) is 0 Å². The molecule has 0 fully saturated rings. The number of hydrogen-bond donors (Lipinski definition) is 1.